The van der Waals surface area contributed by atoms with Crippen LogP contribution in [0.25, 0.3) is 0 Å². The van der Waals surface area contributed by atoms with Gasteiger partial charge in [0.05, 0.1) is 10.7 Å². The quantitative estimate of drug-likeness (QED) is 0.489. The van der Waals surface area contributed by atoms with E-state index in [1.54, 1.807) is 0 Å². The fourth-order valence-electron chi connectivity index (χ4n) is 3.88. The fourth-order valence-corrected chi connectivity index (χ4v) is 11.5. The van der Waals surface area contributed by atoms with Crippen molar-refractivity contribution in [3.63, 3.8) is 0 Å². The second-order valence-corrected chi connectivity index (χ2v) is 13.4. The Morgan fingerprint density at radius 2 is 1.04 bits per heavy atom. The highest BCUT2D eigenvalue weighted by molar-refractivity contribution is 8.17. The van der Waals surface area contributed by atoms with Crippen LogP contribution in [0.4, 0.5) is 0 Å². The molecule has 0 spiro atoms. The molecule has 0 radical (unpaired) electrons. The molecule has 3 aromatic carbocycles. The maximum Gasteiger partial charge on any atom is 0.112 e. The largest absolute Gasteiger partial charge is 0.147 e. The predicted octanol–water partition coefficient (Wildman–Crippen LogP) is 5.57. The van der Waals surface area contributed by atoms with Gasteiger partial charge in [0, 0.05) is 6.42 Å². The highest BCUT2D eigenvalue weighted by Gasteiger charge is 2.45. The van der Waals surface area contributed by atoms with Gasteiger partial charge in [-0.15, -0.1) is 23.5 Å². The van der Waals surface area contributed by atoms with Crippen LogP contribution in [0.3, 0.4) is 0 Å². The molecule has 0 aliphatic carbocycles. The summed E-state index contributed by atoms with van der Waals surface area (Å²) >= 11 is 4.34. The van der Waals surface area contributed by atoms with E-state index in [1.807, 2.05) is 0 Å². The zero-order valence-corrected chi connectivity index (χ0v) is 18.1. The van der Waals surface area contributed by atoms with Gasteiger partial charge in [-0.2, -0.15) is 0 Å². The van der Waals surface area contributed by atoms with E-state index in [2.05, 4.69) is 115 Å². The summed E-state index contributed by atoms with van der Waals surface area (Å²) in [5.74, 6) is 2.65. The van der Waals surface area contributed by atoms with Gasteiger partial charge in [0.1, 0.15) is 23.2 Å². The van der Waals surface area contributed by atoms with E-state index in [4.69, 9.17) is 0 Å². The third-order valence-corrected chi connectivity index (χ3v) is 12.7. The molecule has 0 saturated carbocycles. The van der Waals surface area contributed by atoms with Gasteiger partial charge in [0.25, 0.3) is 0 Å². The molecule has 1 heterocycles. The summed E-state index contributed by atoms with van der Waals surface area (Å²) < 4.78 is 0.745. The number of hydrogen-bond acceptors (Lipinski definition) is 2. The molecule has 1 fully saturated rings. The first-order chi connectivity index (χ1) is 13.4. The summed E-state index contributed by atoms with van der Waals surface area (Å²) in [5.41, 5.74) is 0. The number of benzene rings is 3. The molecule has 3 heteroatoms. The minimum absolute atomic E-state index is 0.745. The molecule has 0 amide bonds. The van der Waals surface area contributed by atoms with Crippen molar-refractivity contribution in [2.45, 2.75) is 17.4 Å². The van der Waals surface area contributed by atoms with Crippen molar-refractivity contribution in [2.24, 2.45) is 0 Å². The predicted molar refractivity (Wildman–Crippen MR) is 128 cm³/mol. The summed E-state index contributed by atoms with van der Waals surface area (Å²) in [6, 6.07) is 33.8. The van der Waals surface area contributed by atoms with E-state index in [0.717, 1.165) is 4.58 Å². The van der Waals surface area contributed by atoms with E-state index in [1.165, 1.54) is 46.4 Å². The van der Waals surface area contributed by atoms with Crippen LogP contribution in [0.1, 0.15) is 12.8 Å². The second-order valence-electron chi connectivity index (χ2n) is 6.85. The lowest BCUT2D eigenvalue weighted by Crippen LogP contribution is -2.34. The molecule has 27 heavy (non-hydrogen) atoms. The summed E-state index contributed by atoms with van der Waals surface area (Å²) in [7, 11) is -1.65. The van der Waals surface area contributed by atoms with Crippen molar-refractivity contribution in [3.8, 4) is 0 Å². The first-order valence-corrected chi connectivity index (χ1v) is 13.7. The highest BCUT2D eigenvalue weighted by atomic mass is 32.2. The first kappa shape index (κ1) is 19.1. The Labute approximate surface area is 172 Å². The third-order valence-electron chi connectivity index (χ3n) is 5.19. The monoisotopic (exact) mass is 409 g/mol. The van der Waals surface area contributed by atoms with Crippen molar-refractivity contribution in [2.75, 3.05) is 17.7 Å². The first-order valence-electron chi connectivity index (χ1n) is 9.68. The van der Waals surface area contributed by atoms with Crippen LogP contribution in [0, 0.1) is 0 Å². The molecule has 1 aliphatic rings. The third kappa shape index (κ3) is 4.29. The molecule has 0 bridgehead atoms. The van der Waals surface area contributed by atoms with Crippen LogP contribution in [-0.2, 0) is 0 Å². The Balaban J connectivity index is 1.81. The molecular formula is C24H26PS2+. The van der Waals surface area contributed by atoms with Gasteiger partial charge in [0.2, 0.25) is 0 Å². The number of thioether (sulfide) groups is 2. The summed E-state index contributed by atoms with van der Waals surface area (Å²) in [4.78, 5) is 0. The molecule has 0 atom stereocenters. The lowest BCUT2D eigenvalue weighted by atomic mass is 10.4. The van der Waals surface area contributed by atoms with E-state index >= 15 is 0 Å². The van der Waals surface area contributed by atoms with Gasteiger partial charge < -0.3 is 0 Å². The lowest BCUT2D eigenvalue weighted by Gasteiger charge is -2.30. The van der Waals surface area contributed by atoms with Gasteiger partial charge in [-0.05, 0) is 54.3 Å². The lowest BCUT2D eigenvalue weighted by molar-refractivity contribution is 1.02. The number of rotatable bonds is 6. The van der Waals surface area contributed by atoms with Crippen molar-refractivity contribution in [1.82, 2.24) is 0 Å². The molecule has 0 unspecified atom stereocenters. The molecule has 1 saturated heterocycles. The number of hydrogen-bond donors (Lipinski definition) is 0. The molecule has 0 nitrogen and oxygen atoms in total. The molecule has 0 N–H and O–H groups in total. The van der Waals surface area contributed by atoms with Crippen LogP contribution < -0.4 is 15.9 Å². The minimum atomic E-state index is -1.65. The molecule has 3 aromatic rings. The standard InChI is InChI=1S/C24H26PS2/c1-4-11-21(12-5-1)25(22-13-6-2-7-14-22,23-15-8-3-9-16-23)18-17-24-26-19-10-20-27-24/h1-9,11-16,24H,10,17-20H2/q+1. The van der Waals surface area contributed by atoms with Gasteiger partial charge in [-0.3, -0.25) is 0 Å². The minimum Gasteiger partial charge on any atom is -0.147 e. The Hall–Kier alpha value is -1.21. The average molecular weight is 410 g/mol. The van der Waals surface area contributed by atoms with Crippen LogP contribution in [0.2, 0.25) is 0 Å². The van der Waals surface area contributed by atoms with Gasteiger partial charge in [-0.25, -0.2) is 0 Å². The van der Waals surface area contributed by atoms with Crippen molar-refractivity contribution in [1.29, 1.82) is 0 Å². The Morgan fingerprint density at radius 1 is 0.630 bits per heavy atom. The Bertz CT molecular complexity index is 718. The van der Waals surface area contributed by atoms with Crippen LogP contribution in [0.15, 0.2) is 91.0 Å². The molecule has 0 aromatic heterocycles. The van der Waals surface area contributed by atoms with Gasteiger partial charge in [0.15, 0.2) is 0 Å². The Morgan fingerprint density at radius 3 is 1.44 bits per heavy atom. The van der Waals surface area contributed by atoms with Crippen LogP contribution >= 0.6 is 30.8 Å². The van der Waals surface area contributed by atoms with Crippen molar-refractivity contribution < 1.29 is 0 Å². The van der Waals surface area contributed by atoms with E-state index < -0.39 is 7.26 Å². The fraction of sp³-hybridized carbons (Fsp3) is 0.250. The van der Waals surface area contributed by atoms with Crippen molar-refractivity contribution >= 4 is 46.7 Å². The molecule has 1 aliphatic heterocycles. The van der Waals surface area contributed by atoms with Gasteiger partial charge >= 0.3 is 0 Å². The molecule has 138 valence electrons. The summed E-state index contributed by atoms with van der Waals surface area (Å²) in [6.07, 6.45) is 3.89. The maximum atomic E-state index is 2.36. The summed E-state index contributed by atoms with van der Waals surface area (Å²) in [6.45, 7) is 0. The smallest absolute Gasteiger partial charge is 0.112 e. The Kier molecular flexibility index (Phi) is 6.60. The summed E-state index contributed by atoms with van der Waals surface area (Å²) in [5, 5.41) is 4.52. The topological polar surface area (TPSA) is 0 Å². The molecular weight excluding hydrogens is 383 g/mol. The zero-order valence-electron chi connectivity index (χ0n) is 15.5. The van der Waals surface area contributed by atoms with Crippen molar-refractivity contribution in [3.05, 3.63) is 91.0 Å². The van der Waals surface area contributed by atoms with Gasteiger partial charge in [-0.1, -0.05) is 54.6 Å². The van der Waals surface area contributed by atoms with E-state index in [9.17, 15) is 0 Å². The maximum absolute atomic E-state index is 2.36. The molecule has 4 rings (SSSR count). The van der Waals surface area contributed by atoms with Crippen LogP contribution in [-0.4, -0.2) is 22.2 Å². The second kappa shape index (κ2) is 9.32. The average Bonchev–Trinajstić information content (AvgIpc) is 2.77. The van der Waals surface area contributed by atoms with E-state index in [0.29, 0.717) is 0 Å². The van der Waals surface area contributed by atoms with Crippen LogP contribution in [0.5, 0.6) is 0 Å². The highest BCUT2D eigenvalue weighted by Crippen LogP contribution is 2.56. The normalized spacial score (nSPS) is 15.6. The van der Waals surface area contributed by atoms with E-state index in [-0.39, 0.29) is 0 Å². The SMILES string of the molecule is c1ccc([P+](CCC2SCCCS2)(c2ccccc2)c2ccccc2)cc1. The zero-order chi connectivity index (χ0) is 18.4.